The maximum Gasteiger partial charge on any atom is 0.249 e. The van der Waals surface area contributed by atoms with Crippen LogP contribution >= 0.6 is 0 Å². The van der Waals surface area contributed by atoms with Crippen LogP contribution in [0.5, 0.6) is 0 Å². The Kier molecular flexibility index (Phi) is 9.26. The number of carbonyl (C=O) groups excluding carboxylic acids is 2. The van der Waals surface area contributed by atoms with Crippen LogP contribution in [0.3, 0.4) is 0 Å². The van der Waals surface area contributed by atoms with E-state index in [2.05, 4.69) is 15.6 Å². The van der Waals surface area contributed by atoms with Crippen LogP contribution in [0.4, 0.5) is 5.69 Å². The number of anilines is 1. The zero-order chi connectivity index (χ0) is 30.6. The fourth-order valence-electron chi connectivity index (χ4n) is 5.84. The van der Waals surface area contributed by atoms with Crippen LogP contribution in [0, 0.1) is 0 Å². The van der Waals surface area contributed by atoms with Crippen molar-refractivity contribution < 1.29 is 18.0 Å². The first-order chi connectivity index (χ1) is 20.7. The van der Waals surface area contributed by atoms with Gasteiger partial charge in [0.2, 0.25) is 21.8 Å². The Balaban J connectivity index is 1.57. The lowest BCUT2D eigenvalue weighted by Crippen LogP contribution is -2.48. The third-order valence-corrected chi connectivity index (χ3v) is 10.2. The second-order valence-corrected chi connectivity index (χ2v) is 12.8. The third-order valence-electron chi connectivity index (χ3n) is 8.15. The Labute approximate surface area is 252 Å². The van der Waals surface area contributed by atoms with Crippen molar-refractivity contribution in [2.45, 2.75) is 69.5 Å². The van der Waals surface area contributed by atoms with E-state index in [0.29, 0.717) is 35.5 Å². The molecule has 2 aromatic carbocycles. The zero-order valence-corrected chi connectivity index (χ0v) is 25.7. The van der Waals surface area contributed by atoms with E-state index in [-0.39, 0.29) is 29.3 Å². The molecule has 0 spiro atoms. The first-order valence-corrected chi connectivity index (χ1v) is 16.3. The number of aryl methyl sites for hydroxylation is 1. The van der Waals surface area contributed by atoms with Gasteiger partial charge in [-0.25, -0.2) is 13.1 Å². The number of rotatable bonds is 11. The normalized spacial score (nSPS) is 15.1. The minimum atomic E-state index is -3.71. The summed E-state index contributed by atoms with van der Waals surface area (Å²) in [6, 6.07) is 16.2. The van der Waals surface area contributed by atoms with Crippen LogP contribution in [-0.2, 0) is 33.2 Å². The van der Waals surface area contributed by atoms with Gasteiger partial charge in [-0.1, -0.05) is 50.5 Å². The van der Waals surface area contributed by atoms with Crippen LogP contribution in [0.2, 0.25) is 0 Å². The molecule has 4 aromatic rings. The summed E-state index contributed by atoms with van der Waals surface area (Å²) in [7, 11) is -1.87. The number of nitrogens with zero attached hydrogens (tertiary/aromatic N) is 6. The number of hydrogen-bond donors (Lipinski definition) is 1. The van der Waals surface area contributed by atoms with Gasteiger partial charge in [-0.2, -0.15) is 4.31 Å². The molecule has 0 unspecified atom stereocenters. The average Bonchev–Trinajstić information content (AvgIpc) is 3.62. The highest BCUT2D eigenvalue weighted by Gasteiger charge is 2.36. The number of aromatic nitrogens is 4. The van der Waals surface area contributed by atoms with Gasteiger partial charge in [-0.15, -0.1) is 5.10 Å². The molecule has 2 amide bonds. The molecule has 1 fully saturated rings. The number of para-hydroxylation sites is 1. The monoisotopic (exact) mass is 605 g/mol. The van der Waals surface area contributed by atoms with Crippen molar-refractivity contribution in [3.63, 3.8) is 0 Å². The molecular formula is C31H39N7O4S. The minimum Gasteiger partial charge on any atom is -0.352 e. The Hall–Kier alpha value is -4.03. The average molecular weight is 606 g/mol. The van der Waals surface area contributed by atoms with Crippen molar-refractivity contribution >= 4 is 38.6 Å². The largest absolute Gasteiger partial charge is 0.352 e. The molecule has 0 saturated heterocycles. The van der Waals surface area contributed by atoms with Crippen LogP contribution in [-0.4, -0.2) is 63.2 Å². The Morgan fingerprint density at radius 2 is 1.67 bits per heavy atom. The van der Waals surface area contributed by atoms with Crippen molar-refractivity contribution in [1.29, 1.82) is 0 Å². The lowest BCUT2D eigenvalue weighted by Gasteiger charge is -2.33. The molecule has 0 bridgehead atoms. The molecular weight excluding hydrogens is 566 g/mol. The molecule has 1 N–H and O–H groups in total. The van der Waals surface area contributed by atoms with Gasteiger partial charge in [-0.05, 0) is 61.4 Å². The van der Waals surface area contributed by atoms with Crippen molar-refractivity contribution in [2.24, 2.45) is 7.05 Å². The van der Waals surface area contributed by atoms with E-state index in [9.17, 15) is 18.0 Å². The van der Waals surface area contributed by atoms with Crippen LogP contribution in [0.15, 0.2) is 71.8 Å². The van der Waals surface area contributed by atoms with Gasteiger partial charge in [0.05, 0.1) is 16.1 Å². The molecule has 2 aromatic heterocycles. The molecule has 1 saturated carbocycles. The summed E-state index contributed by atoms with van der Waals surface area (Å²) in [5.41, 5.74) is 2.38. The smallest absolute Gasteiger partial charge is 0.249 e. The number of benzene rings is 2. The first kappa shape index (κ1) is 30.4. The predicted molar refractivity (Wildman–Crippen MR) is 165 cm³/mol. The van der Waals surface area contributed by atoms with E-state index in [4.69, 9.17) is 0 Å². The number of nitrogens with one attached hydrogen (secondary N) is 1. The second-order valence-electron chi connectivity index (χ2n) is 10.9. The van der Waals surface area contributed by atoms with E-state index in [1.54, 1.807) is 26.0 Å². The van der Waals surface area contributed by atoms with Gasteiger partial charge >= 0.3 is 0 Å². The molecule has 1 aliphatic carbocycles. The molecule has 0 radical (unpaired) electrons. The van der Waals surface area contributed by atoms with Crippen molar-refractivity contribution in [3.8, 4) is 0 Å². The molecule has 11 nitrogen and oxygen atoms in total. The summed E-state index contributed by atoms with van der Waals surface area (Å²) in [4.78, 5) is 30.0. The maximum absolute atomic E-state index is 14.3. The Morgan fingerprint density at radius 3 is 2.33 bits per heavy atom. The zero-order valence-electron chi connectivity index (χ0n) is 24.9. The van der Waals surface area contributed by atoms with Gasteiger partial charge in [0, 0.05) is 38.1 Å². The highest BCUT2D eigenvalue weighted by atomic mass is 32.2. The van der Waals surface area contributed by atoms with Gasteiger partial charge in [0.25, 0.3) is 0 Å². The Morgan fingerprint density at radius 1 is 0.977 bits per heavy atom. The quantitative estimate of drug-likeness (QED) is 0.276. The van der Waals surface area contributed by atoms with E-state index in [1.165, 1.54) is 26.0 Å². The van der Waals surface area contributed by atoms with E-state index in [1.807, 2.05) is 54.2 Å². The number of sulfonamides is 1. The highest BCUT2D eigenvalue weighted by molar-refractivity contribution is 7.89. The van der Waals surface area contributed by atoms with E-state index in [0.717, 1.165) is 32.1 Å². The van der Waals surface area contributed by atoms with Crippen molar-refractivity contribution in [1.82, 2.24) is 29.2 Å². The van der Waals surface area contributed by atoms with Crippen LogP contribution in [0.1, 0.15) is 57.7 Å². The molecule has 12 heteroatoms. The lowest BCUT2D eigenvalue weighted by molar-refractivity contribution is -0.127. The summed E-state index contributed by atoms with van der Waals surface area (Å²) in [5.74, 6) is -0.676. The second kappa shape index (κ2) is 13.1. The molecule has 5 rings (SSSR count). The van der Waals surface area contributed by atoms with Gasteiger partial charge in [0.1, 0.15) is 12.1 Å². The molecule has 43 heavy (non-hydrogen) atoms. The van der Waals surface area contributed by atoms with Gasteiger partial charge in [0.15, 0.2) is 6.04 Å². The SMILES string of the molecule is CCN(CC)S(=O)(=O)c1ccc(N(C(=O)Cn2nnc3ccccc32)[C@H](C(=O)NC2CCCCC2)c2cccn2C)cc1. The summed E-state index contributed by atoms with van der Waals surface area (Å²) in [6.07, 6.45) is 6.86. The molecule has 1 aliphatic rings. The number of fused-ring (bicyclic) bond motifs is 1. The fraction of sp³-hybridized carbons (Fsp3) is 0.419. The summed E-state index contributed by atoms with van der Waals surface area (Å²) < 4.78 is 31.1. The standard InChI is InChI=1S/C31H39N7O4S/c1-4-36(5-2)43(41,42)25-19-17-24(18-20-25)38(29(39)22-37-27-15-10-9-14-26(27)33-34-37)30(28-16-11-21-35(28)3)31(40)32-23-12-7-6-8-13-23/h9-11,14-21,23,30H,4-8,12-13,22H2,1-3H3,(H,32,40)/t30-/m0/s1. The lowest BCUT2D eigenvalue weighted by atomic mass is 9.95. The van der Waals surface area contributed by atoms with Crippen LogP contribution in [0.25, 0.3) is 11.0 Å². The number of hydrogen-bond acceptors (Lipinski definition) is 6. The topological polar surface area (TPSA) is 122 Å². The first-order valence-electron chi connectivity index (χ1n) is 14.9. The highest BCUT2D eigenvalue weighted by Crippen LogP contribution is 2.31. The maximum atomic E-state index is 14.3. The number of carbonyl (C=O) groups is 2. The fourth-order valence-corrected chi connectivity index (χ4v) is 7.29. The molecule has 0 aliphatic heterocycles. The predicted octanol–water partition coefficient (Wildman–Crippen LogP) is 4.02. The summed E-state index contributed by atoms with van der Waals surface area (Å²) in [6.45, 7) is 4.09. The number of amides is 2. The Bertz CT molecular complexity index is 1670. The minimum absolute atomic E-state index is 0.0295. The van der Waals surface area contributed by atoms with E-state index >= 15 is 0 Å². The van der Waals surface area contributed by atoms with Gasteiger partial charge in [-0.3, -0.25) is 14.5 Å². The third kappa shape index (κ3) is 6.35. The van der Waals surface area contributed by atoms with Gasteiger partial charge < -0.3 is 9.88 Å². The molecule has 1 atom stereocenters. The van der Waals surface area contributed by atoms with E-state index < -0.39 is 16.1 Å². The molecule has 228 valence electrons. The molecule has 2 heterocycles. The van der Waals surface area contributed by atoms with Crippen molar-refractivity contribution in [3.05, 3.63) is 72.6 Å². The van der Waals surface area contributed by atoms with Crippen LogP contribution < -0.4 is 10.2 Å². The summed E-state index contributed by atoms with van der Waals surface area (Å²) in [5, 5.41) is 11.6. The van der Waals surface area contributed by atoms with Crippen molar-refractivity contribution in [2.75, 3.05) is 18.0 Å². The summed E-state index contributed by atoms with van der Waals surface area (Å²) >= 11 is 0.